The average molecular weight is 550 g/mol. The number of hydrogen-bond donors (Lipinski definition) is 1. The first-order valence-corrected chi connectivity index (χ1v) is 14.2. The Labute approximate surface area is 239 Å². The van der Waals surface area contributed by atoms with Gasteiger partial charge in [0.05, 0.1) is 13.2 Å². The van der Waals surface area contributed by atoms with Crippen LogP contribution in [0.25, 0.3) is 10.9 Å². The van der Waals surface area contributed by atoms with Gasteiger partial charge < -0.3 is 9.72 Å². The van der Waals surface area contributed by atoms with Gasteiger partial charge in [0.25, 0.3) is 5.56 Å². The van der Waals surface area contributed by atoms with Gasteiger partial charge in [-0.1, -0.05) is 31.0 Å². The van der Waals surface area contributed by atoms with Crippen molar-refractivity contribution in [3.05, 3.63) is 111 Å². The predicted octanol–water partition coefficient (Wildman–Crippen LogP) is 5.44. The highest BCUT2D eigenvalue weighted by Gasteiger charge is 2.33. The summed E-state index contributed by atoms with van der Waals surface area (Å²) in [4.78, 5) is 23.7. The molecule has 0 unspecified atom stereocenters. The van der Waals surface area contributed by atoms with Gasteiger partial charge in [0.1, 0.15) is 11.8 Å². The van der Waals surface area contributed by atoms with Crippen LogP contribution >= 0.6 is 0 Å². The van der Waals surface area contributed by atoms with Gasteiger partial charge >= 0.3 is 0 Å². The minimum absolute atomic E-state index is 0.141. The molecule has 1 fully saturated rings. The van der Waals surface area contributed by atoms with Crippen molar-refractivity contribution in [2.45, 2.75) is 64.7 Å². The maximum atomic E-state index is 13.9. The molecule has 5 aromatic rings. The second-order valence-electron chi connectivity index (χ2n) is 11.0. The van der Waals surface area contributed by atoms with E-state index in [9.17, 15) is 4.79 Å². The molecule has 41 heavy (non-hydrogen) atoms. The molecular weight excluding hydrogens is 514 g/mol. The molecule has 0 bridgehead atoms. The lowest BCUT2D eigenvalue weighted by molar-refractivity contribution is 0.190. The quantitative estimate of drug-likeness (QED) is 0.261. The van der Waals surface area contributed by atoms with Crippen LogP contribution in [0, 0.1) is 13.8 Å². The number of methoxy groups -OCH3 is 1. The van der Waals surface area contributed by atoms with Gasteiger partial charge in [0.2, 0.25) is 0 Å². The molecule has 1 aliphatic rings. The van der Waals surface area contributed by atoms with Crippen LogP contribution in [0.5, 0.6) is 5.75 Å². The van der Waals surface area contributed by atoms with E-state index in [0.717, 1.165) is 59.0 Å². The molecule has 0 saturated heterocycles. The van der Waals surface area contributed by atoms with Crippen LogP contribution in [-0.4, -0.2) is 42.2 Å². The monoisotopic (exact) mass is 549 g/mol. The normalized spacial score (nSPS) is 14.6. The highest BCUT2D eigenvalue weighted by atomic mass is 16.5. The summed E-state index contributed by atoms with van der Waals surface area (Å²) in [5.74, 6) is 1.48. The van der Waals surface area contributed by atoms with Gasteiger partial charge in [-0.2, -0.15) is 0 Å². The number of rotatable bonds is 9. The Morgan fingerprint density at radius 3 is 2.51 bits per heavy atom. The third-order valence-corrected chi connectivity index (χ3v) is 8.23. The molecule has 9 nitrogen and oxygen atoms in total. The lowest BCUT2D eigenvalue weighted by atomic mass is 9.99. The van der Waals surface area contributed by atoms with Crippen molar-refractivity contribution in [2.75, 3.05) is 7.11 Å². The molecule has 0 amide bonds. The van der Waals surface area contributed by atoms with E-state index in [1.807, 2.05) is 41.2 Å². The number of nitrogens with zero attached hydrogens (tertiary/aromatic N) is 6. The summed E-state index contributed by atoms with van der Waals surface area (Å²) in [6.07, 6.45) is 7.99. The summed E-state index contributed by atoms with van der Waals surface area (Å²) < 4.78 is 7.36. The van der Waals surface area contributed by atoms with Gasteiger partial charge in [-0.25, -0.2) is 4.68 Å². The summed E-state index contributed by atoms with van der Waals surface area (Å²) in [6.45, 7) is 5.26. The third kappa shape index (κ3) is 5.63. The Morgan fingerprint density at radius 1 is 1.02 bits per heavy atom. The first-order valence-electron chi connectivity index (χ1n) is 14.2. The molecule has 2 aromatic carbocycles. The maximum Gasteiger partial charge on any atom is 0.253 e. The zero-order valence-corrected chi connectivity index (χ0v) is 23.7. The summed E-state index contributed by atoms with van der Waals surface area (Å²) in [5.41, 5.74) is 5.74. The van der Waals surface area contributed by atoms with Crippen molar-refractivity contribution in [1.82, 2.24) is 35.1 Å². The van der Waals surface area contributed by atoms with Crippen molar-refractivity contribution in [1.29, 1.82) is 0 Å². The van der Waals surface area contributed by atoms with E-state index in [1.165, 1.54) is 5.56 Å². The summed E-state index contributed by atoms with van der Waals surface area (Å²) in [6, 6.07) is 17.9. The smallest absolute Gasteiger partial charge is 0.253 e. The molecular formula is C32H35N7O2. The number of aryl methyl sites for hydroxylation is 2. The Balaban J connectivity index is 1.53. The van der Waals surface area contributed by atoms with E-state index in [2.05, 4.69) is 68.5 Å². The minimum Gasteiger partial charge on any atom is -0.497 e. The SMILES string of the molecule is COc1ccc(CN(Cc2cccnc2)[C@H](c2cc3cc(C)c(C)cc3[nH]c2=O)c2nnnn2C2CCCC2)cc1. The molecule has 0 radical (unpaired) electrons. The lowest BCUT2D eigenvalue weighted by Crippen LogP contribution is -2.35. The number of hydrogen-bond acceptors (Lipinski definition) is 7. The van der Waals surface area contributed by atoms with Crippen LogP contribution in [0.2, 0.25) is 0 Å². The second kappa shape index (κ2) is 11.6. The van der Waals surface area contributed by atoms with Crippen LogP contribution in [-0.2, 0) is 13.1 Å². The van der Waals surface area contributed by atoms with Crippen molar-refractivity contribution in [3.63, 3.8) is 0 Å². The highest BCUT2D eigenvalue weighted by molar-refractivity contribution is 5.81. The first-order chi connectivity index (χ1) is 20.0. The average Bonchev–Trinajstić information content (AvgIpc) is 3.68. The lowest BCUT2D eigenvalue weighted by Gasteiger charge is -2.32. The fraction of sp³-hybridized carbons (Fsp3) is 0.344. The van der Waals surface area contributed by atoms with Crippen molar-refractivity contribution in [3.8, 4) is 5.75 Å². The summed E-state index contributed by atoms with van der Waals surface area (Å²) in [7, 11) is 1.66. The number of aromatic amines is 1. The molecule has 1 atom stereocenters. The summed E-state index contributed by atoms with van der Waals surface area (Å²) >= 11 is 0. The van der Waals surface area contributed by atoms with E-state index in [0.29, 0.717) is 24.5 Å². The largest absolute Gasteiger partial charge is 0.497 e. The van der Waals surface area contributed by atoms with Gasteiger partial charge in [-0.15, -0.1) is 5.10 Å². The van der Waals surface area contributed by atoms with E-state index in [1.54, 1.807) is 13.3 Å². The Bertz CT molecular complexity index is 1690. The molecule has 1 N–H and O–H groups in total. The molecule has 1 aliphatic carbocycles. The van der Waals surface area contributed by atoms with E-state index in [4.69, 9.17) is 4.74 Å². The molecule has 0 aliphatic heterocycles. The molecule has 3 aromatic heterocycles. The zero-order valence-electron chi connectivity index (χ0n) is 23.7. The van der Waals surface area contributed by atoms with Crippen LogP contribution in [0.15, 0.2) is 71.8 Å². The number of ether oxygens (including phenoxy) is 1. The van der Waals surface area contributed by atoms with Gasteiger partial charge in [0.15, 0.2) is 5.82 Å². The highest BCUT2D eigenvalue weighted by Crippen LogP contribution is 2.35. The molecule has 1 saturated carbocycles. The molecule has 6 rings (SSSR count). The molecule has 3 heterocycles. The predicted molar refractivity (Wildman–Crippen MR) is 158 cm³/mol. The van der Waals surface area contributed by atoms with Gasteiger partial charge in [-0.05, 0) is 101 Å². The Morgan fingerprint density at radius 2 is 1.78 bits per heavy atom. The molecule has 9 heteroatoms. The van der Waals surface area contributed by atoms with Gasteiger partial charge in [-0.3, -0.25) is 14.7 Å². The second-order valence-corrected chi connectivity index (χ2v) is 11.0. The van der Waals surface area contributed by atoms with E-state index >= 15 is 0 Å². The Hall–Kier alpha value is -4.37. The van der Waals surface area contributed by atoms with E-state index in [-0.39, 0.29) is 11.6 Å². The van der Waals surface area contributed by atoms with Crippen molar-refractivity contribution < 1.29 is 4.74 Å². The van der Waals surface area contributed by atoms with Crippen LogP contribution in [0.3, 0.4) is 0 Å². The minimum atomic E-state index is -0.498. The van der Waals surface area contributed by atoms with Gasteiger partial charge in [0, 0.05) is 36.6 Å². The number of nitrogens with one attached hydrogen (secondary N) is 1. The topological polar surface area (TPSA) is 102 Å². The van der Waals surface area contributed by atoms with E-state index < -0.39 is 6.04 Å². The van der Waals surface area contributed by atoms with Crippen LogP contribution in [0.1, 0.15) is 71.4 Å². The fourth-order valence-corrected chi connectivity index (χ4v) is 5.92. The number of H-pyrrole nitrogens is 1. The number of fused-ring (bicyclic) bond motifs is 1. The number of benzene rings is 2. The zero-order chi connectivity index (χ0) is 28.3. The molecule has 210 valence electrons. The van der Waals surface area contributed by atoms with Crippen LogP contribution in [0.4, 0.5) is 0 Å². The fourth-order valence-electron chi connectivity index (χ4n) is 5.92. The number of aromatic nitrogens is 6. The standard InChI is InChI=1S/C32H35N7O2/c1-21-15-25-17-28(32(40)34-29(25)16-22(21)2)30(31-35-36-37-39(31)26-8-4-5-9-26)38(20-24-7-6-14-33-18-24)19-23-10-12-27(41-3)13-11-23/h6-7,10-18,26,30H,4-5,8-9,19-20H2,1-3H3,(H,34,40)/t30-/m1/s1. The Kier molecular flexibility index (Phi) is 7.61. The number of tetrazole rings is 1. The van der Waals surface area contributed by atoms with Crippen molar-refractivity contribution in [2.24, 2.45) is 0 Å². The molecule has 0 spiro atoms. The van der Waals surface area contributed by atoms with Crippen LogP contribution < -0.4 is 10.3 Å². The third-order valence-electron chi connectivity index (χ3n) is 8.23. The summed E-state index contributed by atoms with van der Waals surface area (Å²) in [5, 5.41) is 14.2. The van der Waals surface area contributed by atoms with Crippen molar-refractivity contribution >= 4 is 10.9 Å². The number of pyridine rings is 2. The maximum absolute atomic E-state index is 13.9. The first kappa shape index (κ1) is 26.8.